The second-order valence-electron chi connectivity index (χ2n) is 6.04. The lowest BCUT2D eigenvalue weighted by Gasteiger charge is -2.22. The Morgan fingerprint density at radius 3 is 2.78 bits per heavy atom. The Bertz CT molecular complexity index is 672. The van der Waals surface area contributed by atoms with Gasteiger partial charge in [-0.05, 0) is 32.4 Å². The van der Waals surface area contributed by atoms with Crippen LogP contribution in [0.2, 0.25) is 0 Å². The predicted molar refractivity (Wildman–Crippen MR) is 80.0 cm³/mol. The molecular formula is C16H18FN3O3. The van der Waals surface area contributed by atoms with E-state index in [-0.39, 0.29) is 23.9 Å². The number of carbonyl (C=O) groups is 3. The van der Waals surface area contributed by atoms with Crippen LogP contribution < -0.4 is 10.6 Å². The topological polar surface area (TPSA) is 78.5 Å². The fourth-order valence-electron chi connectivity index (χ4n) is 3.12. The van der Waals surface area contributed by atoms with Gasteiger partial charge in [0.2, 0.25) is 0 Å². The van der Waals surface area contributed by atoms with E-state index >= 15 is 0 Å². The van der Waals surface area contributed by atoms with Crippen LogP contribution in [0.25, 0.3) is 0 Å². The van der Waals surface area contributed by atoms with Crippen molar-refractivity contribution in [2.24, 2.45) is 0 Å². The maximum atomic E-state index is 14.0. The van der Waals surface area contributed by atoms with Gasteiger partial charge in [0, 0.05) is 5.56 Å². The van der Waals surface area contributed by atoms with Gasteiger partial charge in [-0.2, -0.15) is 0 Å². The molecule has 1 aromatic carbocycles. The van der Waals surface area contributed by atoms with Crippen LogP contribution in [0.1, 0.15) is 25.3 Å². The number of rotatable bonds is 4. The van der Waals surface area contributed by atoms with Gasteiger partial charge in [0.1, 0.15) is 11.4 Å². The molecule has 2 aliphatic heterocycles. The SMILES string of the molecule is CC1(c2ccccc2F)NC(=O)N(CC(=O)C2CCCN2)C1=O. The number of urea groups is 1. The highest BCUT2D eigenvalue weighted by atomic mass is 19.1. The standard InChI is InChI=1S/C16H18FN3O3/c1-16(10-5-2-3-6-11(10)17)14(22)20(15(23)19-16)9-13(21)12-7-4-8-18-12/h2-3,5-6,12,18H,4,7-9H2,1H3,(H,19,23). The zero-order valence-electron chi connectivity index (χ0n) is 12.8. The van der Waals surface area contributed by atoms with Crippen LogP contribution in [0.15, 0.2) is 24.3 Å². The Labute approximate surface area is 133 Å². The highest BCUT2D eigenvalue weighted by molar-refractivity contribution is 6.09. The van der Waals surface area contributed by atoms with E-state index in [9.17, 15) is 18.8 Å². The Morgan fingerprint density at radius 2 is 2.13 bits per heavy atom. The minimum Gasteiger partial charge on any atom is -0.319 e. The zero-order chi connectivity index (χ0) is 16.6. The molecule has 0 saturated carbocycles. The van der Waals surface area contributed by atoms with Crippen LogP contribution in [-0.2, 0) is 15.1 Å². The molecule has 3 amide bonds. The highest BCUT2D eigenvalue weighted by Crippen LogP contribution is 2.30. The number of imide groups is 1. The maximum absolute atomic E-state index is 14.0. The van der Waals surface area contributed by atoms with Crippen LogP contribution in [0.3, 0.4) is 0 Å². The fraction of sp³-hybridized carbons (Fsp3) is 0.438. The van der Waals surface area contributed by atoms with Gasteiger partial charge < -0.3 is 10.6 Å². The molecule has 2 heterocycles. The van der Waals surface area contributed by atoms with E-state index in [4.69, 9.17) is 0 Å². The van der Waals surface area contributed by atoms with Crippen molar-refractivity contribution >= 4 is 17.7 Å². The summed E-state index contributed by atoms with van der Waals surface area (Å²) in [5.41, 5.74) is -1.40. The number of ketones is 1. The molecule has 2 N–H and O–H groups in total. The molecule has 2 atom stereocenters. The van der Waals surface area contributed by atoms with Gasteiger partial charge in [-0.3, -0.25) is 14.5 Å². The highest BCUT2D eigenvalue weighted by Gasteiger charge is 2.50. The van der Waals surface area contributed by atoms with Crippen LogP contribution in [0.4, 0.5) is 9.18 Å². The van der Waals surface area contributed by atoms with Crippen molar-refractivity contribution in [3.05, 3.63) is 35.6 Å². The van der Waals surface area contributed by atoms with E-state index in [0.29, 0.717) is 6.42 Å². The molecule has 23 heavy (non-hydrogen) atoms. The lowest BCUT2D eigenvalue weighted by atomic mass is 9.91. The summed E-state index contributed by atoms with van der Waals surface area (Å²) < 4.78 is 14.0. The maximum Gasteiger partial charge on any atom is 0.325 e. The van der Waals surface area contributed by atoms with Gasteiger partial charge in [0.25, 0.3) is 5.91 Å². The molecule has 2 aliphatic rings. The molecule has 6 nitrogen and oxygen atoms in total. The summed E-state index contributed by atoms with van der Waals surface area (Å²) in [7, 11) is 0. The summed E-state index contributed by atoms with van der Waals surface area (Å²) in [4.78, 5) is 37.8. The van der Waals surface area contributed by atoms with Gasteiger partial charge >= 0.3 is 6.03 Å². The summed E-state index contributed by atoms with van der Waals surface area (Å²) in [5, 5.41) is 5.55. The average Bonchev–Trinajstić information content (AvgIpc) is 3.12. The molecule has 0 aromatic heterocycles. The van der Waals surface area contributed by atoms with Crippen molar-refractivity contribution in [1.29, 1.82) is 0 Å². The monoisotopic (exact) mass is 319 g/mol. The fourth-order valence-corrected chi connectivity index (χ4v) is 3.12. The molecule has 0 radical (unpaired) electrons. The Morgan fingerprint density at radius 1 is 1.39 bits per heavy atom. The Kier molecular flexibility index (Phi) is 3.89. The number of nitrogens with zero attached hydrogens (tertiary/aromatic N) is 1. The van der Waals surface area contributed by atoms with E-state index in [1.165, 1.54) is 25.1 Å². The predicted octanol–water partition coefficient (Wildman–Crippen LogP) is 0.914. The summed E-state index contributed by atoms with van der Waals surface area (Å²) >= 11 is 0. The van der Waals surface area contributed by atoms with Crippen LogP contribution in [0, 0.1) is 5.82 Å². The normalized spacial score (nSPS) is 27.4. The number of carbonyl (C=O) groups excluding carboxylic acids is 3. The first-order valence-corrected chi connectivity index (χ1v) is 7.58. The number of nitrogens with one attached hydrogen (secondary N) is 2. The van der Waals surface area contributed by atoms with Crippen LogP contribution >= 0.6 is 0 Å². The van der Waals surface area contributed by atoms with Crippen LogP contribution in [0.5, 0.6) is 0 Å². The molecular weight excluding hydrogens is 301 g/mol. The van der Waals surface area contributed by atoms with Gasteiger partial charge in [0.15, 0.2) is 5.78 Å². The molecule has 0 spiro atoms. The van der Waals surface area contributed by atoms with E-state index < -0.39 is 23.3 Å². The smallest absolute Gasteiger partial charge is 0.319 e. The van der Waals surface area contributed by atoms with Gasteiger partial charge in [0.05, 0.1) is 12.6 Å². The molecule has 0 bridgehead atoms. The summed E-state index contributed by atoms with van der Waals surface area (Å²) in [6.07, 6.45) is 1.59. The van der Waals surface area contributed by atoms with Gasteiger partial charge in [-0.15, -0.1) is 0 Å². The van der Waals surface area contributed by atoms with Crippen molar-refractivity contribution in [3.8, 4) is 0 Å². The van der Waals surface area contributed by atoms with E-state index in [2.05, 4.69) is 10.6 Å². The molecule has 0 aliphatic carbocycles. The quantitative estimate of drug-likeness (QED) is 0.809. The molecule has 2 fully saturated rings. The molecule has 3 rings (SSSR count). The number of hydrogen-bond donors (Lipinski definition) is 2. The van der Waals surface area contributed by atoms with E-state index in [1.54, 1.807) is 6.07 Å². The van der Waals surface area contributed by atoms with Crippen molar-refractivity contribution < 1.29 is 18.8 Å². The number of benzene rings is 1. The molecule has 7 heteroatoms. The first-order valence-electron chi connectivity index (χ1n) is 7.58. The third-order valence-electron chi connectivity index (χ3n) is 4.45. The molecule has 1 aromatic rings. The van der Waals surface area contributed by atoms with Gasteiger partial charge in [-0.25, -0.2) is 9.18 Å². The second kappa shape index (κ2) is 5.73. The summed E-state index contributed by atoms with van der Waals surface area (Å²) in [5.74, 6) is -1.39. The molecule has 2 unspecified atom stereocenters. The third kappa shape index (κ3) is 2.61. The van der Waals surface area contributed by atoms with E-state index in [1.807, 2.05) is 0 Å². The number of amides is 3. The Hall–Kier alpha value is -2.28. The minimum absolute atomic E-state index is 0.0901. The zero-order valence-corrected chi connectivity index (χ0v) is 12.8. The van der Waals surface area contributed by atoms with Crippen molar-refractivity contribution in [2.45, 2.75) is 31.3 Å². The summed E-state index contributed by atoms with van der Waals surface area (Å²) in [6.45, 7) is 1.90. The van der Waals surface area contributed by atoms with Crippen molar-refractivity contribution in [1.82, 2.24) is 15.5 Å². The molecule has 2 saturated heterocycles. The number of hydrogen-bond acceptors (Lipinski definition) is 4. The first kappa shape index (κ1) is 15.6. The van der Waals surface area contributed by atoms with Crippen molar-refractivity contribution in [3.63, 3.8) is 0 Å². The first-order chi connectivity index (χ1) is 10.9. The van der Waals surface area contributed by atoms with Crippen molar-refractivity contribution in [2.75, 3.05) is 13.1 Å². The van der Waals surface area contributed by atoms with E-state index in [0.717, 1.165) is 17.9 Å². The number of halogens is 1. The lowest BCUT2D eigenvalue weighted by molar-refractivity contribution is -0.134. The minimum atomic E-state index is -1.49. The average molecular weight is 319 g/mol. The largest absolute Gasteiger partial charge is 0.325 e. The number of Topliss-reactive ketones (excluding diaryl/α,β-unsaturated/α-hetero) is 1. The second-order valence-corrected chi connectivity index (χ2v) is 6.04. The van der Waals surface area contributed by atoms with Gasteiger partial charge in [-0.1, -0.05) is 18.2 Å². The lowest BCUT2D eigenvalue weighted by Crippen LogP contribution is -2.44. The molecule has 122 valence electrons. The Balaban J connectivity index is 1.82. The summed E-state index contributed by atoms with van der Waals surface area (Å²) in [6, 6.07) is 4.80. The van der Waals surface area contributed by atoms with Crippen LogP contribution in [-0.4, -0.2) is 41.8 Å². The third-order valence-corrected chi connectivity index (χ3v) is 4.45.